The van der Waals surface area contributed by atoms with Gasteiger partial charge in [0.05, 0.1) is 10.9 Å². The molecule has 19 heavy (non-hydrogen) atoms. The van der Waals surface area contributed by atoms with Crippen molar-refractivity contribution < 1.29 is 5.11 Å². The number of rotatable bonds is 2. The molecule has 0 atom stereocenters. The van der Waals surface area contributed by atoms with E-state index in [1.165, 1.54) is 0 Å². The molecule has 3 aromatic rings. The average molecular weight is 251 g/mol. The van der Waals surface area contributed by atoms with Crippen molar-refractivity contribution in [1.82, 2.24) is 15.0 Å². The Balaban J connectivity index is 2.19. The number of benzene rings is 1. The smallest absolute Gasteiger partial charge is 0.222 e. The van der Waals surface area contributed by atoms with Gasteiger partial charge in [0, 0.05) is 17.5 Å². The second-order valence-corrected chi connectivity index (χ2v) is 4.28. The van der Waals surface area contributed by atoms with Crippen LogP contribution in [0.4, 0.5) is 0 Å². The van der Waals surface area contributed by atoms with Crippen LogP contribution in [0.2, 0.25) is 0 Å². The summed E-state index contributed by atoms with van der Waals surface area (Å²) in [6, 6.07) is 11.2. The molecule has 3 rings (SSSR count). The summed E-state index contributed by atoms with van der Waals surface area (Å²) in [6.07, 6.45) is 2.59. The van der Waals surface area contributed by atoms with Crippen LogP contribution in [0.25, 0.3) is 22.3 Å². The average Bonchev–Trinajstić information content (AvgIpc) is 2.47. The Morgan fingerprint density at radius 2 is 1.95 bits per heavy atom. The van der Waals surface area contributed by atoms with Crippen LogP contribution < -0.4 is 0 Å². The van der Waals surface area contributed by atoms with Gasteiger partial charge in [-0.15, -0.1) is 0 Å². The molecule has 0 saturated carbocycles. The van der Waals surface area contributed by atoms with Crippen molar-refractivity contribution in [2.45, 2.75) is 13.3 Å². The fourth-order valence-electron chi connectivity index (χ4n) is 2.00. The molecule has 0 saturated heterocycles. The molecule has 0 radical (unpaired) electrons. The standard InChI is InChI=1S/C15H13N3O/c1-2-11-9-10(7-8-16-11)14-17-13-6-4-3-5-12(13)15(19)18-14/h3-9H,2H2,1H3,(H,17,18,19). The van der Waals surface area contributed by atoms with Gasteiger partial charge in [0.15, 0.2) is 5.82 Å². The van der Waals surface area contributed by atoms with Gasteiger partial charge in [-0.3, -0.25) is 4.98 Å². The summed E-state index contributed by atoms with van der Waals surface area (Å²) in [5.74, 6) is 0.531. The minimum absolute atomic E-state index is 0.00969. The van der Waals surface area contributed by atoms with Gasteiger partial charge in [-0.05, 0) is 30.7 Å². The molecule has 0 aliphatic carbocycles. The Labute approximate surface area is 110 Å². The number of aryl methyl sites for hydroxylation is 1. The summed E-state index contributed by atoms with van der Waals surface area (Å²) >= 11 is 0. The van der Waals surface area contributed by atoms with Gasteiger partial charge in [0.1, 0.15) is 0 Å². The van der Waals surface area contributed by atoms with E-state index in [1.54, 1.807) is 12.3 Å². The normalized spacial score (nSPS) is 10.8. The van der Waals surface area contributed by atoms with Crippen LogP contribution in [0, 0.1) is 0 Å². The van der Waals surface area contributed by atoms with E-state index in [0.717, 1.165) is 23.2 Å². The number of fused-ring (bicyclic) bond motifs is 1. The minimum atomic E-state index is 0.00969. The third kappa shape index (κ3) is 2.12. The number of hydrogen-bond donors (Lipinski definition) is 1. The highest BCUT2D eigenvalue weighted by Gasteiger charge is 2.08. The second kappa shape index (κ2) is 4.65. The third-order valence-corrected chi connectivity index (χ3v) is 3.02. The van der Waals surface area contributed by atoms with Crippen molar-refractivity contribution >= 4 is 10.9 Å². The molecule has 2 aromatic heterocycles. The van der Waals surface area contributed by atoms with Crippen molar-refractivity contribution in [3.05, 3.63) is 48.3 Å². The Hall–Kier alpha value is -2.49. The zero-order valence-corrected chi connectivity index (χ0v) is 10.5. The second-order valence-electron chi connectivity index (χ2n) is 4.28. The van der Waals surface area contributed by atoms with Gasteiger partial charge >= 0.3 is 0 Å². The maximum absolute atomic E-state index is 9.97. The molecule has 94 valence electrons. The Bertz CT molecular complexity index is 740. The van der Waals surface area contributed by atoms with E-state index in [1.807, 2.05) is 37.3 Å². The zero-order chi connectivity index (χ0) is 13.2. The molecular weight excluding hydrogens is 238 g/mol. The van der Waals surface area contributed by atoms with Crippen molar-refractivity contribution in [2.75, 3.05) is 0 Å². The first-order valence-electron chi connectivity index (χ1n) is 6.19. The molecule has 4 heteroatoms. The molecule has 0 bridgehead atoms. The first-order valence-corrected chi connectivity index (χ1v) is 6.19. The Morgan fingerprint density at radius 1 is 1.11 bits per heavy atom. The van der Waals surface area contributed by atoms with E-state index in [0.29, 0.717) is 11.2 Å². The van der Waals surface area contributed by atoms with E-state index in [-0.39, 0.29) is 5.88 Å². The number of hydrogen-bond acceptors (Lipinski definition) is 4. The molecule has 0 fully saturated rings. The maximum atomic E-state index is 9.97. The van der Waals surface area contributed by atoms with Crippen LogP contribution in [0.5, 0.6) is 5.88 Å². The lowest BCUT2D eigenvalue weighted by Gasteiger charge is -2.05. The predicted molar refractivity (Wildman–Crippen MR) is 73.8 cm³/mol. The van der Waals surface area contributed by atoms with Gasteiger partial charge in [0.25, 0.3) is 0 Å². The highest BCUT2D eigenvalue weighted by Crippen LogP contribution is 2.25. The van der Waals surface area contributed by atoms with Crippen LogP contribution in [0.3, 0.4) is 0 Å². The van der Waals surface area contributed by atoms with Crippen molar-refractivity contribution in [2.24, 2.45) is 0 Å². The number of nitrogens with zero attached hydrogens (tertiary/aromatic N) is 3. The lowest BCUT2D eigenvalue weighted by Crippen LogP contribution is -1.93. The van der Waals surface area contributed by atoms with Gasteiger partial charge in [-0.2, -0.15) is 4.98 Å². The molecule has 1 aromatic carbocycles. The predicted octanol–water partition coefficient (Wildman–Crippen LogP) is 2.96. The number of para-hydroxylation sites is 1. The lowest BCUT2D eigenvalue weighted by atomic mass is 10.1. The lowest BCUT2D eigenvalue weighted by molar-refractivity contribution is 0.460. The molecule has 2 heterocycles. The largest absolute Gasteiger partial charge is 0.493 e. The molecule has 4 nitrogen and oxygen atoms in total. The summed E-state index contributed by atoms with van der Waals surface area (Å²) < 4.78 is 0. The van der Waals surface area contributed by atoms with Gasteiger partial charge < -0.3 is 5.11 Å². The van der Waals surface area contributed by atoms with Crippen LogP contribution in [0.15, 0.2) is 42.6 Å². The van der Waals surface area contributed by atoms with Crippen molar-refractivity contribution in [3.63, 3.8) is 0 Å². The minimum Gasteiger partial charge on any atom is -0.493 e. The molecule has 0 aliphatic heterocycles. The van der Waals surface area contributed by atoms with E-state index in [9.17, 15) is 5.11 Å². The molecule has 0 spiro atoms. The first-order chi connectivity index (χ1) is 9.28. The highest BCUT2D eigenvalue weighted by molar-refractivity contribution is 5.84. The quantitative estimate of drug-likeness (QED) is 0.760. The summed E-state index contributed by atoms with van der Waals surface area (Å²) in [4.78, 5) is 12.9. The summed E-state index contributed by atoms with van der Waals surface area (Å²) in [6.45, 7) is 2.05. The van der Waals surface area contributed by atoms with Gasteiger partial charge in [-0.25, -0.2) is 4.98 Å². The molecular formula is C15H13N3O. The SMILES string of the molecule is CCc1cc(-c2nc(O)c3ccccc3n2)ccn1. The molecule has 1 N–H and O–H groups in total. The maximum Gasteiger partial charge on any atom is 0.222 e. The van der Waals surface area contributed by atoms with E-state index < -0.39 is 0 Å². The molecule has 0 amide bonds. The highest BCUT2D eigenvalue weighted by atomic mass is 16.3. The molecule has 0 aliphatic rings. The van der Waals surface area contributed by atoms with Crippen LogP contribution >= 0.6 is 0 Å². The van der Waals surface area contributed by atoms with E-state index >= 15 is 0 Å². The van der Waals surface area contributed by atoms with Gasteiger partial charge in [-0.1, -0.05) is 19.1 Å². The van der Waals surface area contributed by atoms with Crippen LogP contribution in [0.1, 0.15) is 12.6 Å². The van der Waals surface area contributed by atoms with Gasteiger partial charge in [0.2, 0.25) is 5.88 Å². The monoisotopic (exact) mass is 251 g/mol. The van der Waals surface area contributed by atoms with Crippen LogP contribution in [-0.4, -0.2) is 20.1 Å². The van der Waals surface area contributed by atoms with E-state index in [4.69, 9.17) is 0 Å². The number of aromatic nitrogens is 3. The third-order valence-electron chi connectivity index (χ3n) is 3.02. The van der Waals surface area contributed by atoms with Crippen LogP contribution in [-0.2, 0) is 6.42 Å². The van der Waals surface area contributed by atoms with Crippen molar-refractivity contribution in [3.8, 4) is 17.3 Å². The topological polar surface area (TPSA) is 58.9 Å². The summed E-state index contributed by atoms with van der Waals surface area (Å²) in [5, 5.41) is 10.6. The fraction of sp³-hybridized carbons (Fsp3) is 0.133. The summed E-state index contributed by atoms with van der Waals surface area (Å²) in [5.41, 5.74) is 2.58. The number of aromatic hydroxyl groups is 1. The Kier molecular flexibility index (Phi) is 2.83. The van der Waals surface area contributed by atoms with E-state index in [2.05, 4.69) is 15.0 Å². The number of pyridine rings is 1. The molecule has 0 unspecified atom stereocenters. The van der Waals surface area contributed by atoms with Crippen molar-refractivity contribution in [1.29, 1.82) is 0 Å². The fourth-order valence-corrected chi connectivity index (χ4v) is 2.00. The summed E-state index contributed by atoms with van der Waals surface area (Å²) in [7, 11) is 0. The zero-order valence-electron chi connectivity index (χ0n) is 10.5. The first kappa shape index (κ1) is 11.6. The Morgan fingerprint density at radius 3 is 2.79 bits per heavy atom.